The van der Waals surface area contributed by atoms with Gasteiger partial charge in [0.05, 0.1) is 17.9 Å². The molecule has 1 aromatic heterocycles. The third-order valence-corrected chi connectivity index (χ3v) is 4.40. The van der Waals surface area contributed by atoms with Gasteiger partial charge in [-0.05, 0) is 56.7 Å². The number of benzene rings is 1. The van der Waals surface area contributed by atoms with E-state index >= 15 is 0 Å². The second-order valence-corrected chi connectivity index (χ2v) is 6.47. The van der Waals surface area contributed by atoms with Gasteiger partial charge in [-0.2, -0.15) is 5.26 Å². The minimum atomic E-state index is -0.478. The molecule has 0 saturated heterocycles. The molecule has 0 radical (unpaired) electrons. The van der Waals surface area contributed by atoms with E-state index in [1.54, 1.807) is 32.0 Å². The third kappa shape index (κ3) is 4.12. The SMILES string of the molecule is CCOC(=O)C(C)Sc1nc(-c2ccc(F)cc2)c(C)cc1C#N. The van der Waals surface area contributed by atoms with Crippen LogP contribution in [0.2, 0.25) is 0 Å². The Kier molecular flexibility index (Phi) is 5.93. The van der Waals surface area contributed by atoms with Crippen molar-refractivity contribution in [2.24, 2.45) is 0 Å². The molecule has 4 nitrogen and oxygen atoms in total. The highest BCUT2D eigenvalue weighted by Crippen LogP contribution is 2.31. The number of aromatic nitrogens is 1. The normalized spacial score (nSPS) is 11.6. The van der Waals surface area contributed by atoms with Gasteiger partial charge in [0.15, 0.2) is 0 Å². The van der Waals surface area contributed by atoms with Crippen molar-refractivity contribution in [2.45, 2.75) is 31.0 Å². The Labute approximate surface area is 144 Å². The smallest absolute Gasteiger partial charge is 0.319 e. The van der Waals surface area contributed by atoms with Gasteiger partial charge in [-0.15, -0.1) is 0 Å². The van der Waals surface area contributed by atoms with E-state index in [0.29, 0.717) is 22.9 Å². The number of thioether (sulfide) groups is 1. The first-order valence-corrected chi connectivity index (χ1v) is 8.35. The molecule has 1 atom stereocenters. The molecule has 0 saturated carbocycles. The summed E-state index contributed by atoms with van der Waals surface area (Å²) in [7, 11) is 0. The van der Waals surface area contributed by atoms with Crippen LogP contribution in [0.4, 0.5) is 4.39 Å². The number of halogens is 1. The molecule has 1 aromatic carbocycles. The number of nitrogens with zero attached hydrogens (tertiary/aromatic N) is 2. The number of carbonyl (C=O) groups excluding carboxylic acids is 1. The summed E-state index contributed by atoms with van der Waals surface area (Å²) in [5, 5.41) is 9.31. The lowest BCUT2D eigenvalue weighted by atomic mass is 10.1. The second-order valence-electron chi connectivity index (χ2n) is 5.14. The molecule has 0 aliphatic rings. The first-order chi connectivity index (χ1) is 11.5. The quantitative estimate of drug-likeness (QED) is 0.603. The van der Waals surface area contributed by atoms with Crippen molar-refractivity contribution in [1.82, 2.24) is 4.98 Å². The van der Waals surface area contributed by atoms with E-state index in [9.17, 15) is 14.4 Å². The van der Waals surface area contributed by atoms with Crippen LogP contribution in [0, 0.1) is 24.1 Å². The van der Waals surface area contributed by atoms with Crippen LogP contribution in [-0.4, -0.2) is 22.8 Å². The number of nitriles is 1. The number of carbonyl (C=O) groups is 1. The maximum Gasteiger partial charge on any atom is 0.319 e. The predicted octanol–water partition coefficient (Wildman–Crippen LogP) is 4.11. The first-order valence-electron chi connectivity index (χ1n) is 7.47. The number of aryl methyl sites for hydroxylation is 1. The fourth-order valence-corrected chi connectivity index (χ4v) is 3.02. The molecule has 2 rings (SSSR count). The van der Waals surface area contributed by atoms with Crippen molar-refractivity contribution >= 4 is 17.7 Å². The average Bonchev–Trinajstić information content (AvgIpc) is 2.57. The largest absolute Gasteiger partial charge is 0.465 e. The molecular weight excluding hydrogens is 327 g/mol. The van der Waals surface area contributed by atoms with Crippen LogP contribution in [-0.2, 0) is 9.53 Å². The van der Waals surface area contributed by atoms with Crippen LogP contribution >= 0.6 is 11.8 Å². The van der Waals surface area contributed by atoms with E-state index in [-0.39, 0.29) is 11.8 Å². The number of pyridine rings is 1. The summed E-state index contributed by atoms with van der Waals surface area (Å²) < 4.78 is 18.1. The van der Waals surface area contributed by atoms with Crippen LogP contribution < -0.4 is 0 Å². The van der Waals surface area contributed by atoms with Gasteiger partial charge < -0.3 is 4.74 Å². The van der Waals surface area contributed by atoms with Crippen molar-refractivity contribution in [3.8, 4) is 17.3 Å². The van der Waals surface area contributed by atoms with Crippen molar-refractivity contribution in [3.63, 3.8) is 0 Å². The van der Waals surface area contributed by atoms with Crippen molar-refractivity contribution in [2.75, 3.05) is 6.61 Å². The molecular formula is C18H17FN2O2S. The number of hydrogen-bond acceptors (Lipinski definition) is 5. The summed E-state index contributed by atoms with van der Waals surface area (Å²) >= 11 is 1.18. The maximum atomic E-state index is 13.1. The molecule has 1 unspecified atom stereocenters. The fourth-order valence-electron chi connectivity index (χ4n) is 2.14. The van der Waals surface area contributed by atoms with E-state index in [1.165, 1.54) is 23.9 Å². The predicted molar refractivity (Wildman–Crippen MR) is 91.0 cm³/mol. The Bertz CT molecular complexity index is 785. The lowest BCUT2D eigenvalue weighted by molar-refractivity contribution is -0.142. The van der Waals surface area contributed by atoms with Crippen molar-refractivity contribution in [1.29, 1.82) is 5.26 Å². The number of esters is 1. The molecule has 0 aliphatic carbocycles. The Hall–Kier alpha value is -2.39. The van der Waals surface area contributed by atoms with Crippen molar-refractivity contribution < 1.29 is 13.9 Å². The van der Waals surface area contributed by atoms with Gasteiger partial charge in [0.25, 0.3) is 0 Å². The summed E-state index contributed by atoms with van der Waals surface area (Å²) in [4.78, 5) is 16.3. The summed E-state index contributed by atoms with van der Waals surface area (Å²) in [6.45, 7) is 5.60. The van der Waals surface area contributed by atoms with Gasteiger partial charge >= 0.3 is 5.97 Å². The lowest BCUT2D eigenvalue weighted by Crippen LogP contribution is -2.17. The zero-order valence-electron chi connectivity index (χ0n) is 13.7. The van der Waals surface area contributed by atoms with Gasteiger partial charge in [-0.3, -0.25) is 4.79 Å². The number of hydrogen-bond donors (Lipinski definition) is 0. The van der Waals surface area contributed by atoms with Crippen LogP contribution in [0.15, 0.2) is 35.4 Å². The van der Waals surface area contributed by atoms with Gasteiger partial charge in [-0.25, -0.2) is 9.37 Å². The topological polar surface area (TPSA) is 63.0 Å². The van der Waals surface area contributed by atoms with Gasteiger partial charge in [0, 0.05) is 5.56 Å². The molecule has 0 amide bonds. The Morgan fingerprint density at radius 2 is 2.08 bits per heavy atom. The van der Waals surface area contributed by atoms with E-state index in [0.717, 1.165) is 11.1 Å². The zero-order valence-corrected chi connectivity index (χ0v) is 14.5. The standard InChI is InChI=1S/C18H17FN2O2S/c1-4-23-18(22)12(3)24-17-14(10-20)9-11(2)16(21-17)13-5-7-15(19)8-6-13/h5-9,12H,4H2,1-3H3. The van der Waals surface area contributed by atoms with E-state index < -0.39 is 5.25 Å². The zero-order chi connectivity index (χ0) is 17.7. The molecule has 6 heteroatoms. The van der Waals surface area contributed by atoms with Gasteiger partial charge in [-0.1, -0.05) is 11.8 Å². The molecule has 0 spiro atoms. The average molecular weight is 344 g/mol. The minimum absolute atomic E-state index is 0.303. The molecule has 2 aromatic rings. The lowest BCUT2D eigenvalue weighted by Gasteiger charge is -2.13. The summed E-state index contributed by atoms with van der Waals surface area (Å²) in [6.07, 6.45) is 0. The number of ether oxygens (including phenoxy) is 1. The van der Waals surface area contributed by atoms with Gasteiger partial charge in [0.1, 0.15) is 22.2 Å². The summed E-state index contributed by atoms with van der Waals surface area (Å²) in [5.41, 5.74) is 2.63. The fraction of sp³-hybridized carbons (Fsp3) is 0.278. The molecule has 0 aliphatic heterocycles. The highest BCUT2D eigenvalue weighted by Gasteiger charge is 2.20. The minimum Gasteiger partial charge on any atom is -0.465 e. The highest BCUT2D eigenvalue weighted by molar-refractivity contribution is 8.00. The van der Waals surface area contributed by atoms with E-state index in [2.05, 4.69) is 11.1 Å². The second kappa shape index (κ2) is 7.93. The van der Waals surface area contributed by atoms with Crippen LogP contribution in [0.5, 0.6) is 0 Å². The summed E-state index contributed by atoms with van der Waals surface area (Å²) in [5.74, 6) is -0.673. The monoisotopic (exact) mass is 344 g/mol. The third-order valence-electron chi connectivity index (χ3n) is 3.32. The molecule has 124 valence electrons. The molecule has 0 bridgehead atoms. The number of rotatable bonds is 5. The molecule has 0 fully saturated rings. The Balaban J connectivity index is 2.40. The molecule has 1 heterocycles. The summed E-state index contributed by atoms with van der Waals surface area (Å²) in [6, 6.07) is 9.84. The molecule has 24 heavy (non-hydrogen) atoms. The van der Waals surface area contributed by atoms with Gasteiger partial charge in [0.2, 0.25) is 0 Å². The Morgan fingerprint density at radius 1 is 1.42 bits per heavy atom. The van der Waals surface area contributed by atoms with Crippen LogP contribution in [0.25, 0.3) is 11.3 Å². The Morgan fingerprint density at radius 3 is 2.67 bits per heavy atom. The maximum absolute atomic E-state index is 13.1. The molecule has 0 N–H and O–H groups in total. The first kappa shape index (κ1) is 18.0. The van der Waals surface area contributed by atoms with Crippen molar-refractivity contribution in [3.05, 3.63) is 47.3 Å². The highest BCUT2D eigenvalue weighted by atomic mass is 32.2. The van der Waals surface area contributed by atoms with E-state index in [4.69, 9.17) is 4.74 Å². The van der Waals surface area contributed by atoms with Crippen LogP contribution in [0.3, 0.4) is 0 Å². The van der Waals surface area contributed by atoms with Crippen LogP contribution in [0.1, 0.15) is 25.0 Å². The van der Waals surface area contributed by atoms with E-state index in [1.807, 2.05) is 6.92 Å².